The number of rotatable bonds is 0. The fraction of sp³-hybridized carbons (Fsp3) is 0. The summed E-state index contributed by atoms with van der Waals surface area (Å²) in [6.07, 6.45) is 0. The van der Waals surface area contributed by atoms with Crippen molar-refractivity contribution in [1.29, 1.82) is 0 Å². The summed E-state index contributed by atoms with van der Waals surface area (Å²) < 4.78 is 5.76. The fourth-order valence-corrected chi connectivity index (χ4v) is 2.48. The molecule has 0 saturated carbocycles. The van der Waals surface area contributed by atoms with Crippen molar-refractivity contribution >= 4 is 29.9 Å². The van der Waals surface area contributed by atoms with Crippen LogP contribution >= 0.6 is 24.2 Å². The topological polar surface area (TPSA) is 35.2 Å². The lowest BCUT2D eigenvalue weighted by atomic mass is 10.3. The van der Waals surface area contributed by atoms with Gasteiger partial charge in [0.2, 0.25) is 0 Å². The van der Waals surface area contributed by atoms with Crippen molar-refractivity contribution in [2.75, 3.05) is 5.73 Å². The molecule has 0 aromatic heterocycles. The molecule has 0 fully saturated rings. The predicted octanol–water partition coefficient (Wildman–Crippen LogP) is 3.95. The van der Waals surface area contributed by atoms with Crippen LogP contribution in [0.1, 0.15) is 0 Å². The third-order valence-corrected chi connectivity index (χ3v) is 3.37. The number of benzene rings is 2. The molecule has 0 bridgehead atoms. The first-order valence-corrected chi connectivity index (χ1v) is 5.49. The molecule has 2 nitrogen and oxygen atoms in total. The van der Waals surface area contributed by atoms with Crippen molar-refractivity contribution in [3.8, 4) is 11.5 Å². The highest BCUT2D eigenvalue weighted by molar-refractivity contribution is 7.99. The molecule has 3 rings (SSSR count). The van der Waals surface area contributed by atoms with Crippen LogP contribution < -0.4 is 10.5 Å². The maximum absolute atomic E-state index is 5.76. The van der Waals surface area contributed by atoms with Crippen molar-refractivity contribution < 1.29 is 4.74 Å². The van der Waals surface area contributed by atoms with E-state index in [0.29, 0.717) is 0 Å². The van der Waals surface area contributed by atoms with Gasteiger partial charge in [-0.15, -0.1) is 12.4 Å². The van der Waals surface area contributed by atoms with E-state index in [2.05, 4.69) is 6.07 Å². The number of halogens is 1. The van der Waals surface area contributed by atoms with E-state index in [-0.39, 0.29) is 12.4 Å². The minimum absolute atomic E-state index is 0. The molecular weight excluding hydrogens is 242 g/mol. The third kappa shape index (κ3) is 1.84. The summed E-state index contributed by atoms with van der Waals surface area (Å²) in [4.78, 5) is 2.26. The Balaban J connectivity index is 0.000000963. The maximum Gasteiger partial charge on any atom is 0.143 e. The highest BCUT2D eigenvalue weighted by Crippen LogP contribution is 2.47. The zero-order chi connectivity index (χ0) is 10.3. The van der Waals surface area contributed by atoms with Gasteiger partial charge in [-0.05, 0) is 24.3 Å². The standard InChI is InChI=1S/C12H9NOS.ClH/c13-8-5-6-12-10(7-8)14-9-3-1-2-4-11(9)15-12;/h1-7H,13H2;1H. The van der Waals surface area contributed by atoms with Crippen LogP contribution in [0.5, 0.6) is 11.5 Å². The summed E-state index contributed by atoms with van der Waals surface area (Å²) in [5, 5.41) is 0. The molecule has 2 aromatic rings. The van der Waals surface area contributed by atoms with Gasteiger partial charge in [0.05, 0.1) is 9.79 Å². The molecule has 1 aliphatic heterocycles. The first-order chi connectivity index (χ1) is 7.33. The van der Waals surface area contributed by atoms with Gasteiger partial charge in [-0.25, -0.2) is 0 Å². The Bertz CT molecular complexity index is 530. The summed E-state index contributed by atoms with van der Waals surface area (Å²) in [5.41, 5.74) is 6.44. The zero-order valence-electron chi connectivity index (χ0n) is 8.34. The van der Waals surface area contributed by atoms with Crippen LogP contribution in [0.15, 0.2) is 52.3 Å². The first-order valence-electron chi connectivity index (χ1n) is 4.67. The SMILES string of the molecule is Cl.Nc1ccc2c(c1)Oc1ccccc1S2. The van der Waals surface area contributed by atoms with E-state index in [0.717, 1.165) is 27.0 Å². The lowest BCUT2D eigenvalue weighted by Gasteiger charge is -2.19. The third-order valence-electron chi connectivity index (χ3n) is 2.26. The molecule has 16 heavy (non-hydrogen) atoms. The van der Waals surface area contributed by atoms with Crippen molar-refractivity contribution in [3.63, 3.8) is 0 Å². The monoisotopic (exact) mass is 251 g/mol. The molecule has 82 valence electrons. The van der Waals surface area contributed by atoms with Gasteiger partial charge in [0.15, 0.2) is 0 Å². The van der Waals surface area contributed by atoms with E-state index in [1.165, 1.54) is 0 Å². The quantitative estimate of drug-likeness (QED) is 0.615. The molecule has 2 N–H and O–H groups in total. The molecule has 1 aliphatic rings. The lowest BCUT2D eigenvalue weighted by Crippen LogP contribution is -1.95. The number of hydrogen-bond acceptors (Lipinski definition) is 3. The lowest BCUT2D eigenvalue weighted by molar-refractivity contribution is 0.455. The van der Waals surface area contributed by atoms with Gasteiger partial charge in [-0.1, -0.05) is 23.9 Å². The van der Waals surface area contributed by atoms with Crippen molar-refractivity contribution in [1.82, 2.24) is 0 Å². The Morgan fingerprint density at radius 1 is 0.938 bits per heavy atom. The molecule has 0 aliphatic carbocycles. The molecule has 0 saturated heterocycles. The highest BCUT2D eigenvalue weighted by Gasteiger charge is 2.16. The Labute approximate surface area is 104 Å². The predicted molar refractivity (Wildman–Crippen MR) is 68.7 cm³/mol. The van der Waals surface area contributed by atoms with Gasteiger partial charge >= 0.3 is 0 Å². The summed E-state index contributed by atoms with van der Waals surface area (Å²) in [5.74, 6) is 1.75. The average molecular weight is 252 g/mol. The van der Waals surface area contributed by atoms with Gasteiger partial charge < -0.3 is 10.5 Å². The van der Waals surface area contributed by atoms with E-state index >= 15 is 0 Å². The molecule has 2 aromatic carbocycles. The minimum Gasteiger partial charge on any atom is -0.455 e. The van der Waals surface area contributed by atoms with Crippen LogP contribution in [0.3, 0.4) is 0 Å². The molecule has 0 radical (unpaired) electrons. The zero-order valence-corrected chi connectivity index (χ0v) is 9.98. The van der Waals surface area contributed by atoms with E-state index in [4.69, 9.17) is 10.5 Å². The van der Waals surface area contributed by atoms with Gasteiger partial charge in [0, 0.05) is 11.8 Å². The second kappa shape index (κ2) is 4.28. The number of hydrogen-bond donors (Lipinski definition) is 1. The number of nitrogens with two attached hydrogens (primary N) is 1. The Hall–Kier alpha value is -1.32. The van der Waals surface area contributed by atoms with E-state index in [1.54, 1.807) is 11.8 Å². The molecule has 0 atom stereocenters. The van der Waals surface area contributed by atoms with Gasteiger partial charge in [-0.3, -0.25) is 0 Å². The van der Waals surface area contributed by atoms with E-state index < -0.39 is 0 Å². The van der Waals surface area contributed by atoms with Crippen molar-refractivity contribution in [2.45, 2.75) is 9.79 Å². The second-order valence-corrected chi connectivity index (χ2v) is 4.44. The van der Waals surface area contributed by atoms with Gasteiger partial charge in [0.1, 0.15) is 11.5 Å². The van der Waals surface area contributed by atoms with E-state index in [9.17, 15) is 0 Å². The van der Waals surface area contributed by atoms with Crippen LogP contribution in [0.25, 0.3) is 0 Å². The van der Waals surface area contributed by atoms with E-state index in [1.807, 2.05) is 36.4 Å². The van der Waals surface area contributed by atoms with Crippen LogP contribution in [0.2, 0.25) is 0 Å². The average Bonchev–Trinajstić information content (AvgIpc) is 2.26. The Kier molecular flexibility index (Phi) is 2.99. The van der Waals surface area contributed by atoms with Crippen molar-refractivity contribution in [2.24, 2.45) is 0 Å². The smallest absolute Gasteiger partial charge is 0.143 e. The minimum atomic E-state index is 0. The maximum atomic E-state index is 5.76. The largest absolute Gasteiger partial charge is 0.455 e. The number of anilines is 1. The first kappa shape index (κ1) is 11.2. The summed E-state index contributed by atoms with van der Waals surface area (Å²) in [7, 11) is 0. The van der Waals surface area contributed by atoms with Crippen molar-refractivity contribution in [3.05, 3.63) is 42.5 Å². The van der Waals surface area contributed by atoms with Crippen LogP contribution in [-0.4, -0.2) is 0 Å². The second-order valence-electron chi connectivity index (χ2n) is 3.36. The number of fused-ring (bicyclic) bond motifs is 2. The summed E-state index contributed by atoms with van der Waals surface area (Å²) >= 11 is 1.71. The Morgan fingerprint density at radius 2 is 1.69 bits per heavy atom. The van der Waals surface area contributed by atoms with Crippen LogP contribution in [0, 0.1) is 0 Å². The van der Waals surface area contributed by atoms with Crippen LogP contribution in [-0.2, 0) is 0 Å². The molecule has 0 unspecified atom stereocenters. The Morgan fingerprint density at radius 3 is 2.56 bits per heavy atom. The molecule has 0 amide bonds. The number of nitrogen functional groups attached to an aromatic ring is 1. The number of ether oxygens (including phenoxy) is 1. The fourth-order valence-electron chi connectivity index (χ4n) is 1.54. The van der Waals surface area contributed by atoms with Crippen LogP contribution in [0.4, 0.5) is 5.69 Å². The summed E-state index contributed by atoms with van der Waals surface area (Å²) in [6.45, 7) is 0. The van der Waals surface area contributed by atoms with Gasteiger partial charge in [-0.2, -0.15) is 0 Å². The molecule has 1 heterocycles. The number of para-hydroxylation sites is 1. The van der Waals surface area contributed by atoms with Gasteiger partial charge in [0.25, 0.3) is 0 Å². The molecule has 4 heteroatoms. The highest BCUT2D eigenvalue weighted by atomic mass is 35.5. The molecule has 0 spiro atoms. The summed E-state index contributed by atoms with van der Waals surface area (Å²) in [6, 6.07) is 13.7. The molecular formula is C12H10ClNOS. The normalized spacial score (nSPS) is 11.8.